The molecule has 1 amide bonds. The topological polar surface area (TPSA) is 65.1 Å². The maximum Gasteiger partial charge on any atom is 0.331 e. The molecule has 148 valence electrons. The summed E-state index contributed by atoms with van der Waals surface area (Å²) >= 11 is 0. The Kier molecular flexibility index (Phi) is 8.68. The van der Waals surface area contributed by atoms with E-state index in [2.05, 4.69) is 0 Å². The molecule has 1 heterocycles. The summed E-state index contributed by atoms with van der Waals surface area (Å²) in [5.41, 5.74) is 0.780. The molecule has 0 bridgehead atoms. The Morgan fingerprint density at radius 1 is 1.07 bits per heavy atom. The molecule has 0 unspecified atom stereocenters. The Labute approximate surface area is 161 Å². The van der Waals surface area contributed by atoms with Crippen molar-refractivity contribution in [1.82, 2.24) is 4.90 Å². The van der Waals surface area contributed by atoms with Crippen LogP contribution in [0.15, 0.2) is 24.3 Å². The molecule has 1 saturated heterocycles. The lowest BCUT2D eigenvalue weighted by Crippen LogP contribution is -2.36. The van der Waals surface area contributed by atoms with Crippen molar-refractivity contribution in [2.75, 3.05) is 33.4 Å². The molecule has 0 atom stereocenters. The molecule has 1 aromatic rings. The van der Waals surface area contributed by atoms with Crippen molar-refractivity contribution in [2.24, 2.45) is 0 Å². The number of carbonyl (C=O) groups excluding carboxylic acids is 2. The van der Waals surface area contributed by atoms with Crippen molar-refractivity contribution in [3.8, 4) is 11.5 Å². The second kappa shape index (κ2) is 11.3. The molecule has 27 heavy (non-hydrogen) atoms. The van der Waals surface area contributed by atoms with Crippen molar-refractivity contribution in [3.63, 3.8) is 0 Å². The van der Waals surface area contributed by atoms with Crippen LogP contribution in [-0.4, -0.2) is 50.2 Å². The minimum atomic E-state index is -0.539. The highest BCUT2D eigenvalue weighted by Crippen LogP contribution is 2.28. The maximum absolute atomic E-state index is 12.2. The Bertz CT molecular complexity index is 648. The minimum absolute atomic E-state index is 0.124. The average Bonchev–Trinajstić information content (AvgIpc) is 2.65. The summed E-state index contributed by atoms with van der Waals surface area (Å²) in [6.07, 6.45) is 8.50. The molecule has 0 radical (unpaired) electrons. The normalized spacial score (nSPS) is 15.1. The smallest absolute Gasteiger partial charge is 0.331 e. The van der Waals surface area contributed by atoms with E-state index in [1.54, 1.807) is 30.2 Å². The number of esters is 1. The number of hydrogen-bond donors (Lipinski definition) is 0. The van der Waals surface area contributed by atoms with Crippen molar-refractivity contribution in [3.05, 3.63) is 29.8 Å². The molecule has 0 aromatic heterocycles. The van der Waals surface area contributed by atoms with Crippen LogP contribution >= 0.6 is 0 Å². The first-order chi connectivity index (χ1) is 13.1. The molecule has 6 heteroatoms. The molecule has 0 aliphatic carbocycles. The van der Waals surface area contributed by atoms with Crippen LogP contribution < -0.4 is 9.47 Å². The first-order valence-corrected chi connectivity index (χ1v) is 9.57. The van der Waals surface area contributed by atoms with E-state index in [1.165, 1.54) is 12.5 Å². The molecular formula is C21H29NO5. The second-order valence-electron chi connectivity index (χ2n) is 6.43. The minimum Gasteiger partial charge on any atom is -0.493 e. The van der Waals surface area contributed by atoms with E-state index >= 15 is 0 Å². The number of benzene rings is 1. The van der Waals surface area contributed by atoms with E-state index < -0.39 is 5.97 Å². The van der Waals surface area contributed by atoms with Gasteiger partial charge in [-0.15, -0.1) is 0 Å². The van der Waals surface area contributed by atoms with Gasteiger partial charge in [-0.2, -0.15) is 0 Å². The molecule has 2 rings (SSSR count). The summed E-state index contributed by atoms with van der Waals surface area (Å²) < 4.78 is 15.8. The zero-order chi connectivity index (χ0) is 19.5. The average molecular weight is 375 g/mol. The Balaban J connectivity index is 1.84. The number of likely N-dealkylation sites (tertiary alicyclic amines) is 1. The van der Waals surface area contributed by atoms with Gasteiger partial charge in [0, 0.05) is 19.2 Å². The van der Waals surface area contributed by atoms with E-state index in [9.17, 15) is 9.59 Å². The van der Waals surface area contributed by atoms with Gasteiger partial charge in [-0.05, 0) is 43.5 Å². The van der Waals surface area contributed by atoms with Gasteiger partial charge in [0.15, 0.2) is 18.1 Å². The third-order valence-corrected chi connectivity index (χ3v) is 4.45. The van der Waals surface area contributed by atoms with Crippen molar-refractivity contribution >= 4 is 18.0 Å². The highest BCUT2D eigenvalue weighted by atomic mass is 16.5. The van der Waals surface area contributed by atoms with Crippen molar-refractivity contribution < 1.29 is 23.8 Å². The molecule has 1 aliphatic rings. The molecule has 6 nitrogen and oxygen atoms in total. The first-order valence-electron chi connectivity index (χ1n) is 9.57. The van der Waals surface area contributed by atoms with Crippen LogP contribution in [0.25, 0.3) is 6.08 Å². The molecule has 0 spiro atoms. The number of hydrogen-bond acceptors (Lipinski definition) is 5. The lowest BCUT2D eigenvalue weighted by Gasteiger charge is -2.24. The molecule has 1 fully saturated rings. The predicted molar refractivity (Wildman–Crippen MR) is 104 cm³/mol. The van der Waals surface area contributed by atoms with Gasteiger partial charge in [-0.1, -0.05) is 25.3 Å². The Morgan fingerprint density at radius 2 is 1.78 bits per heavy atom. The summed E-state index contributed by atoms with van der Waals surface area (Å²) in [5, 5.41) is 0. The quantitative estimate of drug-likeness (QED) is 0.539. The number of amides is 1. The lowest BCUT2D eigenvalue weighted by atomic mass is 10.1. The van der Waals surface area contributed by atoms with Crippen LogP contribution in [0.2, 0.25) is 0 Å². The number of methoxy groups -OCH3 is 1. The summed E-state index contributed by atoms with van der Waals surface area (Å²) in [6.45, 7) is 3.73. The van der Waals surface area contributed by atoms with Crippen LogP contribution in [0.4, 0.5) is 0 Å². The van der Waals surface area contributed by atoms with Gasteiger partial charge in [-0.25, -0.2) is 4.79 Å². The molecule has 1 aliphatic heterocycles. The van der Waals surface area contributed by atoms with Crippen molar-refractivity contribution in [1.29, 1.82) is 0 Å². The maximum atomic E-state index is 12.2. The largest absolute Gasteiger partial charge is 0.493 e. The van der Waals surface area contributed by atoms with Gasteiger partial charge >= 0.3 is 5.97 Å². The molecule has 0 saturated carbocycles. The highest BCUT2D eigenvalue weighted by molar-refractivity contribution is 5.89. The fraction of sp³-hybridized carbons (Fsp3) is 0.524. The lowest BCUT2D eigenvalue weighted by molar-refractivity contribution is -0.148. The van der Waals surface area contributed by atoms with Gasteiger partial charge in [0.25, 0.3) is 5.91 Å². The zero-order valence-electron chi connectivity index (χ0n) is 16.2. The van der Waals surface area contributed by atoms with Crippen molar-refractivity contribution in [2.45, 2.75) is 39.0 Å². The SMILES string of the molecule is CCOc1ccc(/C=C/C(=O)OCC(=O)N2CCCCCCC2)cc1OC. The van der Waals surface area contributed by atoms with Gasteiger partial charge < -0.3 is 19.1 Å². The summed E-state index contributed by atoms with van der Waals surface area (Å²) in [6, 6.07) is 5.39. The second-order valence-corrected chi connectivity index (χ2v) is 6.43. The fourth-order valence-electron chi connectivity index (χ4n) is 3.00. The van der Waals surface area contributed by atoms with Gasteiger partial charge in [0.2, 0.25) is 0 Å². The predicted octanol–water partition coefficient (Wildman–Crippen LogP) is 3.44. The molecule has 0 N–H and O–H groups in total. The summed E-state index contributed by atoms with van der Waals surface area (Å²) in [5.74, 6) is 0.586. The summed E-state index contributed by atoms with van der Waals surface area (Å²) in [7, 11) is 1.57. The Morgan fingerprint density at radius 3 is 2.44 bits per heavy atom. The highest BCUT2D eigenvalue weighted by Gasteiger charge is 2.16. The van der Waals surface area contributed by atoms with Crippen LogP contribution in [0, 0.1) is 0 Å². The van der Waals surface area contributed by atoms with E-state index in [0.29, 0.717) is 18.1 Å². The number of rotatable bonds is 7. The van der Waals surface area contributed by atoms with Crippen LogP contribution in [-0.2, 0) is 14.3 Å². The monoisotopic (exact) mass is 375 g/mol. The van der Waals surface area contributed by atoms with E-state index in [0.717, 1.165) is 44.3 Å². The van der Waals surface area contributed by atoms with E-state index in [1.807, 2.05) is 13.0 Å². The van der Waals surface area contributed by atoms with E-state index in [-0.39, 0.29) is 12.5 Å². The Hall–Kier alpha value is -2.50. The summed E-state index contributed by atoms with van der Waals surface area (Å²) in [4.78, 5) is 25.9. The third-order valence-electron chi connectivity index (χ3n) is 4.45. The number of carbonyl (C=O) groups is 2. The molecular weight excluding hydrogens is 346 g/mol. The number of ether oxygens (including phenoxy) is 3. The zero-order valence-corrected chi connectivity index (χ0v) is 16.2. The standard InChI is InChI=1S/C21H29NO5/c1-3-26-18-11-9-17(15-19(18)25-2)10-12-21(24)27-16-20(23)22-13-7-5-4-6-8-14-22/h9-12,15H,3-8,13-14,16H2,1-2H3/b12-10+. The molecule has 1 aromatic carbocycles. The van der Waals surface area contributed by atoms with Crippen LogP contribution in [0.3, 0.4) is 0 Å². The van der Waals surface area contributed by atoms with Gasteiger partial charge in [0.1, 0.15) is 0 Å². The van der Waals surface area contributed by atoms with E-state index in [4.69, 9.17) is 14.2 Å². The van der Waals surface area contributed by atoms with Gasteiger partial charge in [-0.3, -0.25) is 4.79 Å². The van der Waals surface area contributed by atoms with Crippen LogP contribution in [0.1, 0.15) is 44.6 Å². The van der Waals surface area contributed by atoms with Crippen LogP contribution in [0.5, 0.6) is 11.5 Å². The third kappa shape index (κ3) is 6.96. The van der Waals surface area contributed by atoms with Gasteiger partial charge in [0.05, 0.1) is 13.7 Å². The fourth-order valence-corrected chi connectivity index (χ4v) is 3.00. The first kappa shape index (κ1) is 20.8. The number of nitrogens with zero attached hydrogens (tertiary/aromatic N) is 1.